The van der Waals surface area contributed by atoms with Gasteiger partial charge in [0.15, 0.2) is 0 Å². The van der Waals surface area contributed by atoms with Crippen LogP contribution in [0.2, 0.25) is 0 Å². The first-order valence-electron chi connectivity index (χ1n) is 21.3. The molecule has 11 rings (SSSR count). The molecule has 9 aromatic carbocycles. The Morgan fingerprint density at radius 2 is 0.919 bits per heavy atom. The summed E-state index contributed by atoms with van der Waals surface area (Å²) >= 11 is 0. The Labute approximate surface area is 363 Å². The van der Waals surface area contributed by atoms with Gasteiger partial charge < -0.3 is 10.6 Å². The molecule has 2 aliphatic rings. The van der Waals surface area contributed by atoms with Crippen molar-refractivity contribution in [3.05, 3.63) is 270 Å². The van der Waals surface area contributed by atoms with Crippen LogP contribution in [0.1, 0.15) is 45.6 Å². The first kappa shape index (κ1) is 37.0. The molecule has 9 aromatic rings. The SMILES string of the molecule is C1=C(c2cccc(-c3ccccc3)c2)NC(c2cccc(-c3cccc4c5c(ccc34)NC(c3ccccc3)C=C5c3ccccc3)c2)N=C1c1cccc(-c2ccccc2)c1. The van der Waals surface area contributed by atoms with Crippen molar-refractivity contribution < 1.29 is 0 Å². The highest BCUT2D eigenvalue weighted by molar-refractivity contribution is 6.14. The number of aliphatic imine (C=N–C) groups is 1. The van der Waals surface area contributed by atoms with Crippen LogP contribution in [0.5, 0.6) is 0 Å². The van der Waals surface area contributed by atoms with Crippen molar-refractivity contribution in [3.8, 4) is 33.4 Å². The van der Waals surface area contributed by atoms with E-state index in [4.69, 9.17) is 4.99 Å². The normalized spacial score (nSPS) is 15.6. The topological polar surface area (TPSA) is 36.4 Å². The van der Waals surface area contributed by atoms with Gasteiger partial charge in [-0.25, -0.2) is 0 Å². The quantitative estimate of drug-likeness (QED) is 0.161. The molecule has 0 amide bonds. The molecule has 62 heavy (non-hydrogen) atoms. The van der Waals surface area contributed by atoms with Crippen LogP contribution in [-0.4, -0.2) is 5.71 Å². The van der Waals surface area contributed by atoms with Crippen molar-refractivity contribution in [1.29, 1.82) is 0 Å². The van der Waals surface area contributed by atoms with Crippen molar-refractivity contribution in [2.24, 2.45) is 4.99 Å². The molecule has 294 valence electrons. The maximum atomic E-state index is 5.46. The molecular weight excluding hydrogens is 751 g/mol. The zero-order valence-electron chi connectivity index (χ0n) is 34.1. The van der Waals surface area contributed by atoms with Crippen molar-refractivity contribution in [1.82, 2.24) is 5.32 Å². The molecule has 2 N–H and O–H groups in total. The zero-order valence-corrected chi connectivity index (χ0v) is 34.1. The number of hydrogen-bond donors (Lipinski definition) is 2. The molecule has 3 heteroatoms. The molecule has 0 bridgehead atoms. The molecule has 0 saturated carbocycles. The number of fused-ring (bicyclic) bond motifs is 3. The third kappa shape index (κ3) is 7.20. The molecule has 0 aliphatic carbocycles. The molecule has 3 nitrogen and oxygen atoms in total. The van der Waals surface area contributed by atoms with Crippen molar-refractivity contribution in [2.75, 3.05) is 5.32 Å². The fourth-order valence-corrected chi connectivity index (χ4v) is 9.06. The van der Waals surface area contributed by atoms with E-state index < -0.39 is 0 Å². The van der Waals surface area contributed by atoms with E-state index in [2.05, 4.69) is 247 Å². The lowest BCUT2D eigenvalue weighted by atomic mass is 9.85. The van der Waals surface area contributed by atoms with Gasteiger partial charge in [-0.1, -0.05) is 200 Å². The number of benzene rings is 9. The van der Waals surface area contributed by atoms with E-state index in [0.29, 0.717) is 0 Å². The van der Waals surface area contributed by atoms with Gasteiger partial charge in [0.25, 0.3) is 0 Å². The predicted molar refractivity (Wildman–Crippen MR) is 260 cm³/mol. The molecule has 0 spiro atoms. The van der Waals surface area contributed by atoms with E-state index in [0.717, 1.165) is 44.9 Å². The predicted octanol–water partition coefficient (Wildman–Crippen LogP) is 14.6. The monoisotopic (exact) mass is 793 g/mol. The Kier molecular flexibility index (Phi) is 9.68. The fraction of sp³-hybridized carbons (Fsp3) is 0.0339. The molecule has 2 unspecified atom stereocenters. The molecule has 2 heterocycles. The third-order valence-electron chi connectivity index (χ3n) is 12.1. The summed E-state index contributed by atoms with van der Waals surface area (Å²) in [6, 6.07) is 80.4. The van der Waals surface area contributed by atoms with Gasteiger partial charge in [-0.3, -0.25) is 4.99 Å². The largest absolute Gasteiger partial charge is 0.374 e. The van der Waals surface area contributed by atoms with Crippen LogP contribution >= 0.6 is 0 Å². The van der Waals surface area contributed by atoms with Crippen LogP contribution in [0.15, 0.2) is 242 Å². The molecule has 0 radical (unpaired) electrons. The minimum Gasteiger partial charge on any atom is -0.374 e. The number of anilines is 1. The van der Waals surface area contributed by atoms with Crippen LogP contribution < -0.4 is 10.6 Å². The number of rotatable bonds is 8. The Morgan fingerprint density at radius 3 is 1.63 bits per heavy atom. The van der Waals surface area contributed by atoms with Gasteiger partial charge >= 0.3 is 0 Å². The lowest BCUT2D eigenvalue weighted by molar-refractivity contribution is 0.664. The second kappa shape index (κ2) is 16.2. The smallest absolute Gasteiger partial charge is 0.145 e. The molecule has 0 fully saturated rings. The zero-order chi connectivity index (χ0) is 41.2. The van der Waals surface area contributed by atoms with Crippen LogP contribution in [0.3, 0.4) is 0 Å². The highest BCUT2D eigenvalue weighted by atomic mass is 15.1. The lowest BCUT2D eigenvalue weighted by Crippen LogP contribution is -2.25. The van der Waals surface area contributed by atoms with E-state index >= 15 is 0 Å². The van der Waals surface area contributed by atoms with Gasteiger partial charge in [0, 0.05) is 22.5 Å². The maximum absolute atomic E-state index is 5.46. The first-order valence-corrected chi connectivity index (χ1v) is 21.3. The summed E-state index contributed by atoms with van der Waals surface area (Å²) < 4.78 is 0. The second-order valence-electron chi connectivity index (χ2n) is 16.0. The van der Waals surface area contributed by atoms with Gasteiger partial charge in [-0.2, -0.15) is 0 Å². The van der Waals surface area contributed by atoms with Gasteiger partial charge in [-0.15, -0.1) is 0 Å². The Balaban J connectivity index is 1.00. The van der Waals surface area contributed by atoms with E-state index in [-0.39, 0.29) is 12.2 Å². The summed E-state index contributed by atoms with van der Waals surface area (Å²) in [6.45, 7) is 0. The Hall–Kier alpha value is -8.01. The summed E-state index contributed by atoms with van der Waals surface area (Å²) in [5, 5.41) is 10.2. The van der Waals surface area contributed by atoms with Crippen molar-refractivity contribution in [2.45, 2.75) is 12.2 Å². The van der Waals surface area contributed by atoms with Crippen LogP contribution in [0.25, 0.3) is 55.4 Å². The second-order valence-corrected chi connectivity index (χ2v) is 16.0. The van der Waals surface area contributed by atoms with Gasteiger partial charge in [0.1, 0.15) is 6.17 Å². The maximum Gasteiger partial charge on any atom is 0.145 e. The van der Waals surface area contributed by atoms with Crippen LogP contribution in [0, 0.1) is 0 Å². The lowest BCUT2D eigenvalue weighted by Gasteiger charge is -2.29. The first-order chi connectivity index (χ1) is 30.7. The van der Waals surface area contributed by atoms with Crippen LogP contribution in [-0.2, 0) is 0 Å². The standard InChI is InChI=1S/C59H43N3/c1-5-17-40(18-6-1)44-25-13-28-47(35-44)56-39-57(48-29-14-26-45(36-48)41-19-7-2-8-20-41)62-59(61-56)49-30-15-27-46(37-49)50-31-16-32-52-51(50)33-34-54-58(52)53(42-21-9-3-10-22-42)38-55(60-54)43-23-11-4-12-24-43/h1-39,55,59-61H. The number of nitrogens with one attached hydrogen (secondary N) is 2. The number of allylic oxidation sites excluding steroid dienone is 1. The highest BCUT2D eigenvalue weighted by Gasteiger charge is 2.25. The average molecular weight is 794 g/mol. The number of nitrogens with zero attached hydrogens (tertiary/aromatic N) is 1. The molecule has 2 aliphatic heterocycles. The van der Waals surface area contributed by atoms with E-state index in [1.807, 2.05) is 0 Å². The highest BCUT2D eigenvalue weighted by Crippen LogP contribution is 2.44. The summed E-state index contributed by atoms with van der Waals surface area (Å²) in [5.74, 6) is 0. The van der Waals surface area contributed by atoms with Crippen molar-refractivity contribution >= 4 is 33.4 Å². The minimum atomic E-state index is -0.319. The van der Waals surface area contributed by atoms with E-state index in [1.165, 1.54) is 55.3 Å². The minimum absolute atomic E-state index is 0.0604. The molecule has 2 atom stereocenters. The molecular formula is C59H43N3. The molecule has 0 saturated heterocycles. The average Bonchev–Trinajstić information content (AvgIpc) is 3.36. The van der Waals surface area contributed by atoms with Gasteiger partial charge in [0.2, 0.25) is 0 Å². The molecule has 0 aromatic heterocycles. The van der Waals surface area contributed by atoms with Crippen molar-refractivity contribution in [3.63, 3.8) is 0 Å². The summed E-state index contributed by atoms with van der Waals surface area (Å²) in [5.41, 5.74) is 18.4. The van der Waals surface area contributed by atoms with Gasteiger partial charge in [-0.05, 0) is 108 Å². The Morgan fingerprint density at radius 1 is 0.371 bits per heavy atom. The fourth-order valence-electron chi connectivity index (χ4n) is 9.06. The summed E-state index contributed by atoms with van der Waals surface area (Å²) in [7, 11) is 0. The van der Waals surface area contributed by atoms with E-state index in [9.17, 15) is 0 Å². The summed E-state index contributed by atoms with van der Waals surface area (Å²) in [4.78, 5) is 5.46. The van der Waals surface area contributed by atoms with E-state index in [1.54, 1.807) is 0 Å². The van der Waals surface area contributed by atoms with Gasteiger partial charge in [0.05, 0.1) is 11.8 Å². The summed E-state index contributed by atoms with van der Waals surface area (Å²) in [6.07, 6.45) is 4.27. The Bertz CT molecular complexity index is 3170. The van der Waals surface area contributed by atoms with Crippen LogP contribution in [0.4, 0.5) is 5.69 Å². The number of hydrogen-bond acceptors (Lipinski definition) is 3. The third-order valence-corrected chi connectivity index (χ3v) is 12.1.